The molecule has 2 rings (SSSR count). The molecule has 0 fully saturated rings. The zero-order valence-corrected chi connectivity index (χ0v) is 16.6. The highest BCUT2D eigenvalue weighted by Gasteiger charge is 2.27. The third-order valence-electron chi connectivity index (χ3n) is 4.51. The number of ether oxygens (including phenoxy) is 1. The highest BCUT2D eigenvalue weighted by Crippen LogP contribution is 2.22. The van der Waals surface area contributed by atoms with Crippen LogP contribution in [0, 0.1) is 5.92 Å². The number of rotatable bonds is 9. The molecular weight excluding hydrogens is 342 g/mol. The molecule has 146 valence electrons. The maximum absolute atomic E-state index is 12.6. The molecule has 1 aromatic heterocycles. The van der Waals surface area contributed by atoms with Gasteiger partial charge in [-0.1, -0.05) is 32.0 Å². The van der Waals surface area contributed by atoms with Gasteiger partial charge in [-0.25, -0.2) is 4.79 Å². The van der Waals surface area contributed by atoms with E-state index in [9.17, 15) is 9.59 Å². The van der Waals surface area contributed by atoms with Crippen molar-refractivity contribution in [3.8, 4) is 0 Å². The molecule has 2 atom stereocenters. The molecule has 0 unspecified atom stereocenters. The van der Waals surface area contributed by atoms with E-state index in [0.29, 0.717) is 18.8 Å². The molecular formula is C21H29N3O3. The first-order chi connectivity index (χ1) is 12.9. The fraction of sp³-hybridized carbons (Fsp3) is 0.476. The monoisotopic (exact) mass is 371 g/mol. The number of carbonyl (C=O) groups is 2. The first-order valence-corrected chi connectivity index (χ1v) is 9.33. The first kappa shape index (κ1) is 20.7. The number of para-hydroxylation sites is 1. The number of nitrogens with zero attached hydrogens (tertiary/aromatic N) is 2. The van der Waals surface area contributed by atoms with Gasteiger partial charge in [-0.05, 0) is 37.6 Å². The number of aromatic nitrogens is 1. The summed E-state index contributed by atoms with van der Waals surface area (Å²) in [6, 6.07) is 6.64. The minimum atomic E-state index is -0.764. The van der Waals surface area contributed by atoms with Gasteiger partial charge in [0.15, 0.2) is 0 Å². The van der Waals surface area contributed by atoms with E-state index in [1.165, 1.54) is 0 Å². The Hall–Kier alpha value is -2.63. The zero-order valence-electron chi connectivity index (χ0n) is 16.6. The Bertz CT molecular complexity index is 810. The molecule has 6 heteroatoms. The molecule has 0 radical (unpaired) electrons. The van der Waals surface area contributed by atoms with E-state index in [1.807, 2.05) is 55.9 Å². The van der Waals surface area contributed by atoms with Crippen molar-refractivity contribution in [2.45, 2.75) is 45.7 Å². The minimum absolute atomic E-state index is 0.260. The summed E-state index contributed by atoms with van der Waals surface area (Å²) in [5.74, 6) is -0.437. The normalized spacial score (nSPS) is 13.4. The molecule has 0 saturated carbocycles. The van der Waals surface area contributed by atoms with E-state index >= 15 is 0 Å². The fourth-order valence-corrected chi connectivity index (χ4v) is 3.22. The van der Waals surface area contributed by atoms with E-state index in [-0.39, 0.29) is 12.5 Å². The highest BCUT2D eigenvalue weighted by atomic mass is 16.5. The molecule has 0 aliphatic carbocycles. The van der Waals surface area contributed by atoms with Crippen LogP contribution in [0.3, 0.4) is 0 Å². The predicted molar refractivity (Wildman–Crippen MR) is 108 cm³/mol. The van der Waals surface area contributed by atoms with Crippen LogP contribution in [0.15, 0.2) is 35.5 Å². The Labute approximate surface area is 160 Å². The summed E-state index contributed by atoms with van der Waals surface area (Å²) in [4.78, 5) is 29.0. The van der Waals surface area contributed by atoms with Crippen LogP contribution in [0.5, 0.6) is 0 Å². The van der Waals surface area contributed by atoms with Crippen LogP contribution in [-0.4, -0.2) is 41.9 Å². The third kappa shape index (κ3) is 5.18. The van der Waals surface area contributed by atoms with Crippen LogP contribution in [0.4, 0.5) is 0 Å². The fourth-order valence-electron chi connectivity index (χ4n) is 3.22. The number of aryl methyl sites for hydroxylation is 1. The largest absolute Gasteiger partial charge is 0.464 e. The number of amides is 1. The number of nitrogens with one attached hydrogen (secondary N) is 1. The van der Waals surface area contributed by atoms with Gasteiger partial charge in [0.2, 0.25) is 5.91 Å². The Morgan fingerprint density at radius 3 is 2.63 bits per heavy atom. The van der Waals surface area contributed by atoms with Crippen LogP contribution >= 0.6 is 0 Å². The second-order valence-corrected chi connectivity index (χ2v) is 7.13. The Kier molecular flexibility index (Phi) is 7.16. The summed E-state index contributed by atoms with van der Waals surface area (Å²) in [6.07, 6.45) is 2.93. The van der Waals surface area contributed by atoms with Gasteiger partial charge in [0.1, 0.15) is 12.1 Å². The van der Waals surface area contributed by atoms with Crippen molar-refractivity contribution in [3.05, 3.63) is 36.0 Å². The average Bonchev–Trinajstić information content (AvgIpc) is 2.95. The topological polar surface area (TPSA) is 72.7 Å². The van der Waals surface area contributed by atoms with Crippen LogP contribution < -0.4 is 5.32 Å². The number of hydrogen-bond acceptors (Lipinski definition) is 4. The van der Waals surface area contributed by atoms with Crippen molar-refractivity contribution in [3.63, 3.8) is 0 Å². The van der Waals surface area contributed by atoms with Crippen molar-refractivity contribution < 1.29 is 14.3 Å². The summed E-state index contributed by atoms with van der Waals surface area (Å²) in [5.41, 5.74) is 2.06. The van der Waals surface area contributed by atoms with Gasteiger partial charge in [0, 0.05) is 30.6 Å². The molecule has 6 nitrogen and oxygen atoms in total. The molecule has 1 amide bonds. The first-order valence-electron chi connectivity index (χ1n) is 9.33. The van der Waals surface area contributed by atoms with Gasteiger partial charge in [-0.2, -0.15) is 0 Å². The van der Waals surface area contributed by atoms with Gasteiger partial charge in [0.25, 0.3) is 0 Å². The number of hydrogen-bond donors (Lipinski definition) is 1. The smallest absolute Gasteiger partial charge is 0.328 e. The van der Waals surface area contributed by atoms with Gasteiger partial charge in [0.05, 0.1) is 6.61 Å². The molecule has 0 aliphatic heterocycles. The van der Waals surface area contributed by atoms with Crippen molar-refractivity contribution in [2.24, 2.45) is 18.0 Å². The maximum Gasteiger partial charge on any atom is 0.328 e. The van der Waals surface area contributed by atoms with Crippen LogP contribution in [-0.2, 0) is 27.8 Å². The standard InChI is InChI=1S/C21H29N3O3/c1-6-27-21(26)18(23-20(25)17(22-4)11-14(2)3)12-15-13-24(5)19-10-8-7-9-16(15)19/h7-10,13-14,17-18H,4,6,11-12H2,1-3,5H3,(H,23,25)/t17-,18+/m0/s1. The molecule has 27 heavy (non-hydrogen) atoms. The average molecular weight is 371 g/mol. The van der Waals surface area contributed by atoms with E-state index in [2.05, 4.69) is 17.0 Å². The summed E-state index contributed by atoms with van der Waals surface area (Å²) >= 11 is 0. The van der Waals surface area contributed by atoms with Crippen molar-refractivity contribution in [2.75, 3.05) is 6.61 Å². The quantitative estimate of drug-likeness (QED) is 0.544. The number of fused-ring (bicyclic) bond motifs is 1. The van der Waals surface area contributed by atoms with Crippen LogP contribution in [0.25, 0.3) is 10.9 Å². The van der Waals surface area contributed by atoms with Crippen LogP contribution in [0.2, 0.25) is 0 Å². The molecule has 1 aromatic carbocycles. The van der Waals surface area contributed by atoms with E-state index in [4.69, 9.17) is 4.74 Å². The van der Waals surface area contributed by atoms with Crippen molar-refractivity contribution >= 4 is 29.5 Å². The van der Waals surface area contributed by atoms with E-state index in [1.54, 1.807) is 6.92 Å². The number of carbonyl (C=O) groups excluding carboxylic acids is 2. The lowest BCUT2D eigenvalue weighted by Crippen LogP contribution is -2.47. The molecule has 1 N–H and O–H groups in total. The molecule has 0 bridgehead atoms. The molecule has 2 aromatic rings. The van der Waals surface area contributed by atoms with Crippen LogP contribution in [0.1, 0.15) is 32.8 Å². The molecule has 0 saturated heterocycles. The lowest BCUT2D eigenvalue weighted by molar-refractivity contribution is -0.147. The Morgan fingerprint density at radius 2 is 2.00 bits per heavy atom. The van der Waals surface area contributed by atoms with Crippen molar-refractivity contribution in [1.82, 2.24) is 9.88 Å². The predicted octanol–water partition coefficient (Wildman–Crippen LogP) is 2.88. The second kappa shape index (κ2) is 9.35. The van der Waals surface area contributed by atoms with Crippen molar-refractivity contribution in [1.29, 1.82) is 0 Å². The molecule has 0 spiro atoms. The third-order valence-corrected chi connectivity index (χ3v) is 4.51. The summed E-state index contributed by atoms with van der Waals surface area (Å²) in [5, 5.41) is 3.88. The van der Waals surface area contributed by atoms with E-state index in [0.717, 1.165) is 16.5 Å². The van der Waals surface area contributed by atoms with Gasteiger partial charge >= 0.3 is 5.97 Å². The number of aliphatic imine (C=N–C) groups is 1. The summed E-state index contributed by atoms with van der Waals surface area (Å²) in [7, 11) is 1.96. The number of benzene rings is 1. The Morgan fingerprint density at radius 1 is 1.30 bits per heavy atom. The number of esters is 1. The lowest BCUT2D eigenvalue weighted by atomic mass is 10.0. The Balaban J connectivity index is 2.25. The zero-order chi connectivity index (χ0) is 20.0. The van der Waals surface area contributed by atoms with Gasteiger partial charge in [-0.3, -0.25) is 9.79 Å². The minimum Gasteiger partial charge on any atom is -0.464 e. The maximum atomic E-state index is 12.6. The van der Waals surface area contributed by atoms with Gasteiger partial charge < -0.3 is 14.6 Å². The highest BCUT2D eigenvalue weighted by molar-refractivity contribution is 5.89. The molecule has 1 heterocycles. The summed E-state index contributed by atoms with van der Waals surface area (Å²) in [6.45, 7) is 9.57. The summed E-state index contributed by atoms with van der Waals surface area (Å²) < 4.78 is 7.20. The molecule has 0 aliphatic rings. The second-order valence-electron chi connectivity index (χ2n) is 7.13. The van der Waals surface area contributed by atoms with E-state index < -0.39 is 18.1 Å². The SMILES string of the molecule is C=N[C@@H](CC(C)C)C(=O)N[C@H](Cc1cn(C)c2ccccc12)C(=O)OCC. The lowest BCUT2D eigenvalue weighted by Gasteiger charge is -2.20. The van der Waals surface area contributed by atoms with Gasteiger partial charge in [-0.15, -0.1) is 0 Å².